The number of nitrogens with zero attached hydrogens (tertiary/aromatic N) is 2. The van der Waals surface area contributed by atoms with Gasteiger partial charge in [0.05, 0.1) is 12.3 Å². The van der Waals surface area contributed by atoms with Crippen LogP contribution in [0.25, 0.3) is 0 Å². The number of aromatic nitrogens is 1. The van der Waals surface area contributed by atoms with Crippen LogP contribution in [0.15, 0.2) is 5.38 Å². The van der Waals surface area contributed by atoms with Gasteiger partial charge in [-0.1, -0.05) is 0 Å². The van der Waals surface area contributed by atoms with Crippen LogP contribution in [-0.2, 0) is 11.3 Å². The maximum atomic E-state index is 11.6. The Balaban J connectivity index is 1.57. The van der Waals surface area contributed by atoms with Gasteiger partial charge in [0.25, 0.3) is 0 Å². The first-order valence-electron chi connectivity index (χ1n) is 7.33. The number of esters is 1. The van der Waals surface area contributed by atoms with Gasteiger partial charge in [-0.3, -0.25) is 4.90 Å². The highest BCUT2D eigenvalue weighted by Crippen LogP contribution is 2.26. The number of carbonyl (C=O) groups excluding carboxylic acids is 1. The number of likely N-dealkylation sites (tertiary alicyclic amines) is 1. The fourth-order valence-corrected chi connectivity index (χ4v) is 3.86. The molecule has 3 heterocycles. The minimum Gasteiger partial charge on any atom is -0.461 e. The van der Waals surface area contributed by atoms with Gasteiger partial charge >= 0.3 is 5.97 Å². The molecule has 0 radical (unpaired) electrons. The SMILES string of the molecule is CCOC(=O)c1nc(CN2CC3CCCNC3C2)cs1. The molecule has 0 aliphatic carbocycles. The third-order valence-corrected chi connectivity index (χ3v) is 4.93. The molecule has 1 N–H and O–H groups in total. The highest BCUT2D eigenvalue weighted by molar-refractivity contribution is 7.11. The van der Waals surface area contributed by atoms with E-state index in [1.54, 1.807) is 0 Å². The normalized spacial score (nSPS) is 26.4. The Morgan fingerprint density at radius 3 is 3.30 bits per heavy atom. The quantitative estimate of drug-likeness (QED) is 0.853. The molecule has 2 fully saturated rings. The standard InChI is InChI=1S/C14H21N3O2S/c1-2-19-14(18)13-16-11(9-20-13)7-17-6-10-4-3-5-15-12(10)8-17/h9-10,12,15H,2-8H2,1H3. The molecule has 2 aliphatic rings. The summed E-state index contributed by atoms with van der Waals surface area (Å²) in [5, 5.41) is 6.05. The van der Waals surface area contributed by atoms with E-state index in [1.165, 1.54) is 24.2 Å². The van der Waals surface area contributed by atoms with Crippen LogP contribution >= 0.6 is 11.3 Å². The smallest absolute Gasteiger partial charge is 0.367 e. The van der Waals surface area contributed by atoms with Gasteiger partial charge in [0.1, 0.15) is 0 Å². The van der Waals surface area contributed by atoms with Crippen LogP contribution in [0.4, 0.5) is 0 Å². The Hall–Kier alpha value is -0.980. The van der Waals surface area contributed by atoms with Crippen molar-refractivity contribution in [1.29, 1.82) is 0 Å². The van der Waals surface area contributed by atoms with Crippen molar-refractivity contribution in [2.24, 2.45) is 5.92 Å². The zero-order valence-corrected chi connectivity index (χ0v) is 12.6. The molecule has 1 aromatic heterocycles. The lowest BCUT2D eigenvalue weighted by molar-refractivity contribution is 0.0525. The van der Waals surface area contributed by atoms with E-state index in [0.29, 0.717) is 17.7 Å². The number of ether oxygens (including phenoxy) is 1. The Labute approximate surface area is 123 Å². The van der Waals surface area contributed by atoms with E-state index in [4.69, 9.17) is 4.74 Å². The van der Waals surface area contributed by atoms with Crippen molar-refractivity contribution in [1.82, 2.24) is 15.2 Å². The molecule has 0 spiro atoms. The average molecular weight is 295 g/mol. The van der Waals surface area contributed by atoms with Crippen molar-refractivity contribution in [2.45, 2.75) is 32.4 Å². The van der Waals surface area contributed by atoms with Crippen molar-refractivity contribution in [3.63, 3.8) is 0 Å². The molecule has 2 saturated heterocycles. The van der Waals surface area contributed by atoms with E-state index >= 15 is 0 Å². The first-order chi connectivity index (χ1) is 9.76. The minimum atomic E-state index is -0.305. The monoisotopic (exact) mass is 295 g/mol. The molecule has 0 aromatic carbocycles. The Morgan fingerprint density at radius 2 is 2.50 bits per heavy atom. The number of piperidine rings is 1. The molecule has 1 aromatic rings. The molecule has 0 amide bonds. The fraction of sp³-hybridized carbons (Fsp3) is 0.714. The lowest BCUT2D eigenvalue weighted by atomic mass is 9.94. The summed E-state index contributed by atoms with van der Waals surface area (Å²) in [6.07, 6.45) is 2.62. The molecule has 0 saturated carbocycles. The fourth-order valence-electron chi connectivity index (χ4n) is 3.16. The molecule has 5 nitrogen and oxygen atoms in total. The van der Waals surface area contributed by atoms with Crippen LogP contribution in [0.2, 0.25) is 0 Å². The summed E-state index contributed by atoms with van der Waals surface area (Å²) >= 11 is 1.38. The van der Waals surface area contributed by atoms with Crippen molar-refractivity contribution >= 4 is 17.3 Å². The predicted molar refractivity (Wildman–Crippen MR) is 77.9 cm³/mol. The van der Waals surface area contributed by atoms with E-state index in [-0.39, 0.29) is 5.97 Å². The number of rotatable bonds is 4. The van der Waals surface area contributed by atoms with Gasteiger partial charge in [0.15, 0.2) is 0 Å². The summed E-state index contributed by atoms with van der Waals surface area (Å²) in [6, 6.07) is 0.645. The lowest BCUT2D eigenvalue weighted by Crippen LogP contribution is -2.40. The van der Waals surface area contributed by atoms with E-state index in [9.17, 15) is 4.79 Å². The van der Waals surface area contributed by atoms with E-state index in [1.807, 2.05) is 12.3 Å². The van der Waals surface area contributed by atoms with Crippen molar-refractivity contribution in [3.8, 4) is 0 Å². The third kappa shape index (κ3) is 3.02. The summed E-state index contributed by atoms with van der Waals surface area (Å²) < 4.78 is 4.97. The zero-order chi connectivity index (χ0) is 13.9. The molecular weight excluding hydrogens is 274 g/mol. The number of fused-ring (bicyclic) bond motifs is 1. The Morgan fingerprint density at radius 1 is 1.60 bits per heavy atom. The van der Waals surface area contributed by atoms with Gasteiger partial charge in [0, 0.05) is 31.1 Å². The van der Waals surface area contributed by atoms with Gasteiger partial charge in [-0.15, -0.1) is 11.3 Å². The van der Waals surface area contributed by atoms with E-state index in [0.717, 1.165) is 37.8 Å². The Kier molecular flexibility index (Phi) is 4.33. The molecular formula is C14H21N3O2S. The number of hydrogen-bond donors (Lipinski definition) is 1. The second-order valence-electron chi connectivity index (χ2n) is 5.52. The summed E-state index contributed by atoms with van der Waals surface area (Å²) in [4.78, 5) is 18.4. The Bertz CT molecular complexity index is 463. The summed E-state index contributed by atoms with van der Waals surface area (Å²) in [5.74, 6) is 0.479. The number of thiazole rings is 1. The third-order valence-electron chi connectivity index (χ3n) is 4.06. The van der Waals surface area contributed by atoms with Crippen LogP contribution in [-0.4, -0.2) is 48.1 Å². The molecule has 20 heavy (non-hydrogen) atoms. The number of nitrogens with one attached hydrogen (secondary N) is 1. The lowest BCUT2D eigenvalue weighted by Gasteiger charge is -2.24. The molecule has 2 atom stereocenters. The molecule has 2 aliphatic heterocycles. The van der Waals surface area contributed by atoms with Gasteiger partial charge in [-0.2, -0.15) is 0 Å². The van der Waals surface area contributed by atoms with Gasteiger partial charge in [0.2, 0.25) is 5.01 Å². The second kappa shape index (κ2) is 6.20. The zero-order valence-electron chi connectivity index (χ0n) is 11.8. The van der Waals surface area contributed by atoms with Crippen LogP contribution in [0.1, 0.15) is 35.3 Å². The largest absolute Gasteiger partial charge is 0.461 e. The number of carbonyl (C=O) groups is 1. The van der Waals surface area contributed by atoms with E-state index < -0.39 is 0 Å². The van der Waals surface area contributed by atoms with Crippen LogP contribution in [0.3, 0.4) is 0 Å². The van der Waals surface area contributed by atoms with Crippen LogP contribution in [0.5, 0.6) is 0 Å². The first kappa shape index (κ1) is 14.0. The van der Waals surface area contributed by atoms with Crippen molar-refractivity contribution in [2.75, 3.05) is 26.2 Å². The predicted octanol–water partition coefficient (Wildman–Crippen LogP) is 1.50. The molecule has 2 unspecified atom stereocenters. The van der Waals surface area contributed by atoms with Gasteiger partial charge < -0.3 is 10.1 Å². The summed E-state index contributed by atoms with van der Waals surface area (Å²) in [5.41, 5.74) is 0.983. The van der Waals surface area contributed by atoms with Crippen LogP contribution in [0, 0.1) is 5.92 Å². The molecule has 0 bridgehead atoms. The highest BCUT2D eigenvalue weighted by atomic mass is 32.1. The molecule has 6 heteroatoms. The topological polar surface area (TPSA) is 54.5 Å². The second-order valence-corrected chi connectivity index (χ2v) is 6.38. The highest BCUT2D eigenvalue weighted by Gasteiger charge is 2.34. The van der Waals surface area contributed by atoms with Crippen molar-refractivity contribution < 1.29 is 9.53 Å². The van der Waals surface area contributed by atoms with E-state index in [2.05, 4.69) is 15.2 Å². The van der Waals surface area contributed by atoms with Gasteiger partial charge in [-0.25, -0.2) is 9.78 Å². The van der Waals surface area contributed by atoms with Crippen molar-refractivity contribution in [3.05, 3.63) is 16.1 Å². The maximum Gasteiger partial charge on any atom is 0.367 e. The number of hydrogen-bond acceptors (Lipinski definition) is 6. The maximum absolute atomic E-state index is 11.6. The average Bonchev–Trinajstić information content (AvgIpc) is 3.05. The van der Waals surface area contributed by atoms with Crippen LogP contribution < -0.4 is 5.32 Å². The summed E-state index contributed by atoms with van der Waals surface area (Å²) in [7, 11) is 0. The summed E-state index contributed by atoms with van der Waals surface area (Å²) in [6.45, 7) is 6.43. The molecule has 3 rings (SSSR count). The molecule has 110 valence electrons. The van der Waals surface area contributed by atoms with Gasteiger partial charge in [-0.05, 0) is 32.2 Å². The first-order valence-corrected chi connectivity index (χ1v) is 8.21. The minimum absolute atomic E-state index is 0.305.